The number of hydrogen-bond donors (Lipinski definition) is 1. The van der Waals surface area contributed by atoms with Crippen LogP contribution < -0.4 is 10.1 Å². The second-order valence-corrected chi connectivity index (χ2v) is 9.48. The lowest BCUT2D eigenvalue weighted by molar-refractivity contribution is -0.115. The molecule has 0 saturated carbocycles. The monoisotopic (exact) mass is 452 g/mol. The van der Waals surface area contributed by atoms with E-state index in [9.17, 15) is 18.0 Å². The predicted octanol–water partition coefficient (Wildman–Crippen LogP) is 1.13. The number of para-hydroxylation sites is 1. The molecular formula is C18H20N4O6S2. The second-order valence-electron chi connectivity index (χ2n) is 6.41. The standard InChI is InChI=1S/C18H20N4O6S2/c1-12-9-15(21-28-12)19-16(23)10-30(25,26)11-17(24)20-18-22(7-8-27-2)13-5-3-4-6-14(13)29-18/h3-6,9H,7-8,10-11H2,1-2H3,(H,19,21,23). The van der Waals surface area contributed by atoms with Crippen molar-refractivity contribution < 1.29 is 27.3 Å². The highest BCUT2D eigenvalue weighted by Gasteiger charge is 2.22. The first kappa shape index (κ1) is 21.9. The molecule has 0 atom stereocenters. The second kappa shape index (κ2) is 9.32. The summed E-state index contributed by atoms with van der Waals surface area (Å²) in [5.74, 6) is -2.83. The lowest BCUT2D eigenvalue weighted by atomic mass is 10.3. The van der Waals surface area contributed by atoms with Crippen molar-refractivity contribution in [3.63, 3.8) is 0 Å². The average Bonchev–Trinajstić information content (AvgIpc) is 3.21. The zero-order chi connectivity index (χ0) is 21.7. The Morgan fingerprint density at radius 1 is 1.30 bits per heavy atom. The van der Waals surface area contributed by atoms with Crippen LogP contribution in [0, 0.1) is 6.92 Å². The van der Waals surface area contributed by atoms with Crippen molar-refractivity contribution in [2.75, 3.05) is 30.5 Å². The van der Waals surface area contributed by atoms with Crippen molar-refractivity contribution in [2.45, 2.75) is 13.5 Å². The maximum atomic E-state index is 12.3. The summed E-state index contributed by atoms with van der Waals surface area (Å²) >= 11 is 1.27. The SMILES string of the molecule is COCCn1c(=NC(=O)CS(=O)(=O)CC(=O)Nc2cc(C)on2)sc2ccccc21. The number of carbonyl (C=O) groups is 2. The summed E-state index contributed by atoms with van der Waals surface area (Å²) in [4.78, 5) is 28.6. The molecule has 0 aliphatic carbocycles. The van der Waals surface area contributed by atoms with Gasteiger partial charge in [0.2, 0.25) is 5.91 Å². The molecule has 12 heteroatoms. The van der Waals surface area contributed by atoms with E-state index < -0.39 is 33.2 Å². The van der Waals surface area contributed by atoms with E-state index in [4.69, 9.17) is 9.26 Å². The van der Waals surface area contributed by atoms with Gasteiger partial charge in [-0.2, -0.15) is 4.99 Å². The number of nitrogens with zero attached hydrogens (tertiary/aromatic N) is 3. The minimum atomic E-state index is -4.02. The molecule has 0 saturated heterocycles. The van der Waals surface area contributed by atoms with Crippen molar-refractivity contribution in [3.05, 3.63) is 40.9 Å². The van der Waals surface area contributed by atoms with Gasteiger partial charge in [0.1, 0.15) is 17.3 Å². The van der Waals surface area contributed by atoms with E-state index in [0.717, 1.165) is 10.2 Å². The number of benzene rings is 1. The molecule has 10 nitrogen and oxygen atoms in total. The summed E-state index contributed by atoms with van der Waals surface area (Å²) in [7, 11) is -2.45. The molecule has 2 heterocycles. The first-order valence-electron chi connectivity index (χ1n) is 8.86. The summed E-state index contributed by atoms with van der Waals surface area (Å²) < 4.78 is 37.1. The first-order valence-corrected chi connectivity index (χ1v) is 11.5. The lowest BCUT2D eigenvalue weighted by Crippen LogP contribution is -2.28. The fourth-order valence-electron chi connectivity index (χ4n) is 2.69. The smallest absolute Gasteiger partial charge is 0.263 e. The van der Waals surface area contributed by atoms with Crippen LogP contribution in [0.3, 0.4) is 0 Å². The third-order valence-electron chi connectivity index (χ3n) is 3.92. The van der Waals surface area contributed by atoms with Crippen molar-refractivity contribution in [1.29, 1.82) is 0 Å². The Balaban J connectivity index is 1.75. The zero-order valence-electron chi connectivity index (χ0n) is 16.3. The summed E-state index contributed by atoms with van der Waals surface area (Å²) in [6.07, 6.45) is 0. The third kappa shape index (κ3) is 5.62. The number of nitrogens with one attached hydrogen (secondary N) is 1. The number of methoxy groups -OCH3 is 1. The number of ether oxygens (including phenoxy) is 1. The van der Waals surface area contributed by atoms with Crippen LogP contribution in [0.2, 0.25) is 0 Å². The molecular weight excluding hydrogens is 432 g/mol. The molecule has 0 aliphatic rings. The van der Waals surface area contributed by atoms with Crippen LogP contribution in [-0.2, 0) is 30.7 Å². The molecule has 0 aliphatic heterocycles. The first-order chi connectivity index (χ1) is 14.3. The molecule has 2 amide bonds. The summed E-state index contributed by atoms with van der Waals surface area (Å²) in [6.45, 7) is 2.49. The van der Waals surface area contributed by atoms with Crippen LogP contribution in [0.15, 0.2) is 39.8 Å². The van der Waals surface area contributed by atoms with E-state index >= 15 is 0 Å². The van der Waals surface area contributed by atoms with E-state index in [1.165, 1.54) is 17.4 Å². The van der Waals surface area contributed by atoms with Gasteiger partial charge in [-0.1, -0.05) is 28.6 Å². The number of rotatable bonds is 8. The van der Waals surface area contributed by atoms with Crippen molar-refractivity contribution in [3.8, 4) is 0 Å². The fourth-order valence-corrected chi connectivity index (χ4v) is 4.77. The molecule has 0 radical (unpaired) electrons. The number of fused-ring (bicyclic) bond motifs is 1. The van der Waals surface area contributed by atoms with Gasteiger partial charge in [0.25, 0.3) is 5.91 Å². The Bertz CT molecular complexity index is 1240. The van der Waals surface area contributed by atoms with Gasteiger partial charge in [0.15, 0.2) is 20.5 Å². The Morgan fingerprint density at radius 3 is 2.77 bits per heavy atom. The van der Waals surface area contributed by atoms with Gasteiger partial charge in [-0.05, 0) is 19.1 Å². The number of hydrogen-bond acceptors (Lipinski definition) is 8. The molecule has 3 aromatic rings. The quantitative estimate of drug-likeness (QED) is 0.541. The molecule has 3 rings (SSSR count). The summed E-state index contributed by atoms with van der Waals surface area (Å²) in [6, 6.07) is 8.95. The summed E-state index contributed by atoms with van der Waals surface area (Å²) in [5.41, 5.74) is 0.872. The average molecular weight is 453 g/mol. The number of anilines is 1. The van der Waals surface area contributed by atoms with Gasteiger partial charge in [-0.15, -0.1) is 0 Å². The van der Waals surface area contributed by atoms with E-state index in [2.05, 4.69) is 15.5 Å². The van der Waals surface area contributed by atoms with Crippen LogP contribution in [0.4, 0.5) is 5.82 Å². The van der Waals surface area contributed by atoms with Crippen LogP contribution in [-0.4, -0.2) is 55.2 Å². The number of aromatic nitrogens is 2. The van der Waals surface area contributed by atoms with Crippen molar-refractivity contribution >= 4 is 49.0 Å². The van der Waals surface area contributed by atoms with Crippen LogP contribution >= 0.6 is 11.3 Å². The van der Waals surface area contributed by atoms with E-state index in [1.807, 2.05) is 24.3 Å². The van der Waals surface area contributed by atoms with Gasteiger partial charge in [-0.25, -0.2) is 8.42 Å². The maximum absolute atomic E-state index is 12.3. The van der Waals surface area contributed by atoms with Gasteiger partial charge in [0.05, 0.1) is 16.8 Å². The molecule has 2 aromatic heterocycles. The predicted molar refractivity (Wildman–Crippen MR) is 111 cm³/mol. The lowest BCUT2D eigenvalue weighted by Gasteiger charge is -2.04. The van der Waals surface area contributed by atoms with Crippen LogP contribution in [0.25, 0.3) is 10.2 Å². The Hall–Kier alpha value is -2.83. The Labute approximate surface area is 176 Å². The number of sulfone groups is 1. The van der Waals surface area contributed by atoms with Gasteiger partial charge in [-0.3, -0.25) is 9.59 Å². The van der Waals surface area contributed by atoms with E-state index in [-0.39, 0.29) is 5.82 Å². The van der Waals surface area contributed by atoms with E-state index in [1.54, 1.807) is 18.6 Å². The molecule has 30 heavy (non-hydrogen) atoms. The van der Waals surface area contributed by atoms with Gasteiger partial charge >= 0.3 is 0 Å². The van der Waals surface area contributed by atoms with Crippen LogP contribution in [0.5, 0.6) is 0 Å². The maximum Gasteiger partial charge on any atom is 0.263 e. The topological polar surface area (TPSA) is 133 Å². The molecule has 1 aromatic carbocycles. The molecule has 160 valence electrons. The highest BCUT2D eigenvalue weighted by molar-refractivity contribution is 7.92. The van der Waals surface area contributed by atoms with E-state index in [0.29, 0.717) is 23.7 Å². The molecule has 0 spiro atoms. The Morgan fingerprint density at radius 2 is 2.07 bits per heavy atom. The highest BCUT2D eigenvalue weighted by atomic mass is 32.2. The number of thiazole rings is 1. The molecule has 0 bridgehead atoms. The van der Waals surface area contributed by atoms with Crippen molar-refractivity contribution in [2.24, 2.45) is 4.99 Å². The molecule has 1 N–H and O–H groups in total. The third-order valence-corrected chi connectivity index (χ3v) is 6.37. The summed E-state index contributed by atoms with van der Waals surface area (Å²) in [5, 5.41) is 5.87. The number of aryl methyl sites for hydroxylation is 1. The number of carbonyl (C=O) groups excluding carboxylic acids is 2. The molecule has 0 fully saturated rings. The minimum absolute atomic E-state index is 0.105. The fraction of sp³-hybridized carbons (Fsp3) is 0.333. The van der Waals surface area contributed by atoms with Gasteiger partial charge < -0.3 is 19.1 Å². The normalized spacial score (nSPS) is 12.4. The van der Waals surface area contributed by atoms with Crippen LogP contribution in [0.1, 0.15) is 5.76 Å². The minimum Gasteiger partial charge on any atom is -0.383 e. The Kier molecular flexibility index (Phi) is 6.80. The largest absolute Gasteiger partial charge is 0.383 e. The zero-order valence-corrected chi connectivity index (χ0v) is 18.0. The van der Waals surface area contributed by atoms with Crippen molar-refractivity contribution in [1.82, 2.24) is 9.72 Å². The van der Waals surface area contributed by atoms with Gasteiger partial charge in [0, 0.05) is 19.7 Å². The number of amides is 2. The molecule has 0 unspecified atom stereocenters. The highest BCUT2D eigenvalue weighted by Crippen LogP contribution is 2.16.